The summed E-state index contributed by atoms with van der Waals surface area (Å²) in [5.41, 5.74) is 1.72. The number of nitrogens with zero attached hydrogens (tertiary/aromatic N) is 3. The molecule has 1 atom stereocenters. The average Bonchev–Trinajstić information content (AvgIpc) is 3.22. The van der Waals surface area contributed by atoms with Gasteiger partial charge in [0.1, 0.15) is 5.76 Å². The van der Waals surface area contributed by atoms with E-state index in [1.807, 2.05) is 0 Å². The number of carbonyl (C=O) groups excluding carboxylic acids is 1. The topological polar surface area (TPSA) is 84.4 Å². The van der Waals surface area contributed by atoms with E-state index in [1.165, 1.54) is 4.90 Å². The van der Waals surface area contributed by atoms with Gasteiger partial charge in [-0.25, -0.2) is 22.9 Å². The van der Waals surface area contributed by atoms with Gasteiger partial charge in [-0.05, 0) is 13.8 Å². The molecule has 1 N–H and O–H groups in total. The quantitative estimate of drug-likeness (QED) is 0.633. The van der Waals surface area contributed by atoms with Gasteiger partial charge in [-0.1, -0.05) is 5.16 Å². The standard InChI is InChI=1S/C19H17F3N4O3/c1-8-15-14(25-29-18(15)17-9(2)28-10(3)23-17)4-5-26(8)19(27)24-11-6-12(20)16(22)13(21)7-11/h6-8H,4-5H2,1-3H3,(H,24,27)/t8-/m0/s1. The maximum atomic E-state index is 13.4. The van der Waals surface area contributed by atoms with Crippen LogP contribution in [-0.4, -0.2) is 27.6 Å². The Morgan fingerprint density at radius 1 is 1.24 bits per heavy atom. The normalized spacial score (nSPS) is 16.1. The van der Waals surface area contributed by atoms with E-state index in [-0.39, 0.29) is 5.69 Å². The number of carbonyl (C=O) groups is 1. The molecule has 3 heterocycles. The second kappa shape index (κ2) is 6.94. The van der Waals surface area contributed by atoms with Gasteiger partial charge in [-0.15, -0.1) is 0 Å². The van der Waals surface area contributed by atoms with Crippen molar-refractivity contribution in [1.82, 2.24) is 15.0 Å². The van der Waals surface area contributed by atoms with Crippen LogP contribution in [0, 0.1) is 31.3 Å². The van der Waals surface area contributed by atoms with Gasteiger partial charge in [0, 0.05) is 43.3 Å². The zero-order chi connectivity index (χ0) is 20.9. The van der Waals surface area contributed by atoms with Gasteiger partial charge < -0.3 is 19.2 Å². The molecule has 29 heavy (non-hydrogen) atoms. The van der Waals surface area contributed by atoms with Crippen LogP contribution in [-0.2, 0) is 6.42 Å². The summed E-state index contributed by atoms with van der Waals surface area (Å²) in [5, 5.41) is 6.49. The number of anilines is 1. The lowest BCUT2D eigenvalue weighted by atomic mass is 9.96. The predicted molar refractivity (Wildman–Crippen MR) is 95.6 cm³/mol. The Balaban J connectivity index is 1.62. The molecular formula is C19H17F3N4O3. The summed E-state index contributed by atoms with van der Waals surface area (Å²) < 4.78 is 50.9. The van der Waals surface area contributed by atoms with E-state index in [4.69, 9.17) is 8.94 Å². The highest BCUT2D eigenvalue weighted by molar-refractivity contribution is 5.90. The minimum Gasteiger partial charge on any atom is -0.446 e. The number of nitrogens with one attached hydrogen (secondary N) is 1. The lowest BCUT2D eigenvalue weighted by Gasteiger charge is -2.33. The smallest absolute Gasteiger partial charge is 0.322 e. The van der Waals surface area contributed by atoms with Gasteiger partial charge in [0.25, 0.3) is 0 Å². The molecule has 0 saturated carbocycles. The SMILES string of the molecule is Cc1nc(-c2onc3c2[C@H](C)N(C(=O)Nc2cc(F)c(F)c(F)c2)CC3)c(C)o1. The molecule has 4 rings (SSSR count). The van der Waals surface area contributed by atoms with E-state index in [0.29, 0.717) is 47.3 Å². The highest BCUT2D eigenvalue weighted by Gasteiger charge is 2.35. The molecule has 10 heteroatoms. The molecule has 2 amide bonds. The molecule has 0 radical (unpaired) electrons. The summed E-state index contributed by atoms with van der Waals surface area (Å²) in [6.45, 7) is 5.56. The maximum Gasteiger partial charge on any atom is 0.322 e. The Bertz CT molecular complexity index is 1090. The molecule has 0 aliphatic carbocycles. The highest BCUT2D eigenvalue weighted by atomic mass is 19.2. The van der Waals surface area contributed by atoms with Crippen LogP contribution >= 0.6 is 0 Å². The van der Waals surface area contributed by atoms with Gasteiger partial charge in [-0.2, -0.15) is 0 Å². The van der Waals surface area contributed by atoms with Crippen LogP contribution in [0.4, 0.5) is 23.7 Å². The highest BCUT2D eigenvalue weighted by Crippen LogP contribution is 2.38. The summed E-state index contributed by atoms with van der Waals surface area (Å²) in [4.78, 5) is 18.5. The third-order valence-corrected chi connectivity index (χ3v) is 4.89. The van der Waals surface area contributed by atoms with Crippen molar-refractivity contribution in [3.05, 3.63) is 52.5 Å². The Kier molecular flexibility index (Phi) is 4.56. The summed E-state index contributed by atoms with van der Waals surface area (Å²) >= 11 is 0. The van der Waals surface area contributed by atoms with Crippen LogP contribution in [0.2, 0.25) is 0 Å². The Morgan fingerprint density at radius 2 is 1.93 bits per heavy atom. The number of halogens is 3. The maximum absolute atomic E-state index is 13.4. The van der Waals surface area contributed by atoms with E-state index in [1.54, 1.807) is 20.8 Å². The van der Waals surface area contributed by atoms with Crippen molar-refractivity contribution in [2.24, 2.45) is 0 Å². The number of fused-ring (bicyclic) bond motifs is 1. The van der Waals surface area contributed by atoms with Crippen molar-refractivity contribution in [2.45, 2.75) is 33.2 Å². The Morgan fingerprint density at radius 3 is 2.55 bits per heavy atom. The molecule has 0 unspecified atom stereocenters. The summed E-state index contributed by atoms with van der Waals surface area (Å²) in [5.74, 6) is -2.90. The van der Waals surface area contributed by atoms with E-state index in [2.05, 4.69) is 15.5 Å². The minimum absolute atomic E-state index is 0.182. The lowest BCUT2D eigenvalue weighted by Crippen LogP contribution is -2.41. The van der Waals surface area contributed by atoms with Crippen molar-refractivity contribution in [2.75, 3.05) is 11.9 Å². The molecule has 0 bridgehead atoms. The fourth-order valence-electron chi connectivity index (χ4n) is 3.53. The van der Waals surface area contributed by atoms with Crippen molar-refractivity contribution in [3.8, 4) is 11.5 Å². The number of urea groups is 1. The second-order valence-corrected chi connectivity index (χ2v) is 6.81. The fraction of sp³-hybridized carbons (Fsp3) is 0.316. The van der Waals surface area contributed by atoms with Gasteiger partial charge in [0.05, 0.1) is 11.7 Å². The van der Waals surface area contributed by atoms with Crippen molar-refractivity contribution in [1.29, 1.82) is 0 Å². The second-order valence-electron chi connectivity index (χ2n) is 6.81. The van der Waals surface area contributed by atoms with E-state index >= 15 is 0 Å². The Labute approximate surface area is 163 Å². The number of benzene rings is 1. The Hall–Kier alpha value is -3.30. The molecule has 2 aromatic heterocycles. The van der Waals surface area contributed by atoms with E-state index in [0.717, 1.165) is 12.1 Å². The minimum atomic E-state index is -1.59. The van der Waals surface area contributed by atoms with Gasteiger partial charge >= 0.3 is 6.03 Å². The van der Waals surface area contributed by atoms with Crippen LogP contribution in [0.1, 0.15) is 35.9 Å². The largest absolute Gasteiger partial charge is 0.446 e. The molecule has 1 aromatic carbocycles. The van der Waals surface area contributed by atoms with Gasteiger partial charge in [0.2, 0.25) is 0 Å². The van der Waals surface area contributed by atoms with Crippen LogP contribution in [0.3, 0.4) is 0 Å². The number of aryl methyl sites for hydroxylation is 2. The zero-order valence-electron chi connectivity index (χ0n) is 15.8. The molecule has 3 aromatic rings. The predicted octanol–water partition coefficient (Wildman–Crippen LogP) is 4.51. The van der Waals surface area contributed by atoms with Gasteiger partial charge in [0.15, 0.2) is 34.8 Å². The summed E-state index contributed by atoms with van der Waals surface area (Å²) in [7, 11) is 0. The average molecular weight is 406 g/mol. The third kappa shape index (κ3) is 3.24. The monoisotopic (exact) mass is 406 g/mol. The first-order valence-electron chi connectivity index (χ1n) is 8.91. The number of aromatic nitrogens is 2. The first-order chi connectivity index (χ1) is 13.8. The molecule has 0 saturated heterocycles. The zero-order valence-corrected chi connectivity index (χ0v) is 15.8. The molecule has 0 fully saturated rings. The van der Waals surface area contributed by atoms with E-state index in [9.17, 15) is 18.0 Å². The van der Waals surface area contributed by atoms with E-state index < -0.39 is 29.5 Å². The molecule has 152 valence electrons. The first-order valence-corrected chi connectivity index (χ1v) is 8.91. The number of rotatable bonds is 2. The number of amides is 2. The molecular weight excluding hydrogens is 389 g/mol. The molecule has 1 aliphatic heterocycles. The number of oxazole rings is 1. The van der Waals surface area contributed by atoms with Crippen LogP contribution in [0.15, 0.2) is 21.1 Å². The summed E-state index contributed by atoms with van der Waals surface area (Å²) in [6, 6.07) is 0.408. The van der Waals surface area contributed by atoms with Crippen LogP contribution in [0.5, 0.6) is 0 Å². The molecule has 0 spiro atoms. The fourth-order valence-corrected chi connectivity index (χ4v) is 3.53. The van der Waals surface area contributed by atoms with Crippen molar-refractivity contribution >= 4 is 11.7 Å². The number of hydrogen-bond acceptors (Lipinski definition) is 5. The van der Waals surface area contributed by atoms with Gasteiger partial charge in [-0.3, -0.25) is 0 Å². The molecule has 1 aliphatic rings. The number of hydrogen-bond donors (Lipinski definition) is 1. The van der Waals surface area contributed by atoms with Crippen molar-refractivity contribution in [3.63, 3.8) is 0 Å². The molecule has 7 nitrogen and oxygen atoms in total. The third-order valence-electron chi connectivity index (χ3n) is 4.89. The first kappa shape index (κ1) is 19.0. The summed E-state index contributed by atoms with van der Waals surface area (Å²) in [6.07, 6.45) is 0.429. The lowest BCUT2D eigenvalue weighted by molar-refractivity contribution is 0.188. The van der Waals surface area contributed by atoms with Crippen LogP contribution < -0.4 is 5.32 Å². The van der Waals surface area contributed by atoms with Crippen LogP contribution in [0.25, 0.3) is 11.5 Å². The van der Waals surface area contributed by atoms with Crippen molar-refractivity contribution < 1.29 is 26.9 Å².